The summed E-state index contributed by atoms with van der Waals surface area (Å²) in [5.41, 5.74) is 4.06. The number of imidazole rings is 1. The van der Waals surface area contributed by atoms with Crippen molar-refractivity contribution in [3.8, 4) is 0 Å². The average molecular weight is 469 g/mol. The van der Waals surface area contributed by atoms with Crippen LogP contribution in [0.25, 0.3) is 11.0 Å². The topological polar surface area (TPSA) is 67.2 Å². The first-order valence-corrected chi connectivity index (χ1v) is 12.9. The predicted molar refractivity (Wildman–Crippen MR) is 130 cm³/mol. The predicted octanol–water partition coefficient (Wildman–Crippen LogP) is 4.56. The molecule has 8 heteroatoms. The molecule has 2 heterocycles. The van der Waals surface area contributed by atoms with E-state index in [0.717, 1.165) is 17.9 Å². The molecule has 6 nitrogen and oxygen atoms in total. The van der Waals surface area contributed by atoms with Gasteiger partial charge in [-0.05, 0) is 49.1 Å². The van der Waals surface area contributed by atoms with Crippen LogP contribution in [0.5, 0.6) is 0 Å². The fraction of sp³-hybridized carbons (Fsp3) is 0.292. The summed E-state index contributed by atoms with van der Waals surface area (Å²) in [5.74, 6) is 0.885. The fourth-order valence-electron chi connectivity index (χ4n) is 3.81. The third kappa shape index (κ3) is 4.36. The van der Waals surface area contributed by atoms with E-state index in [1.807, 2.05) is 6.07 Å². The number of nitrogens with zero attached hydrogens (tertiary/aromatic N) is 3. The van der Waals surface area contributed by atoms with Crippen molar-refractivity contribution in [2.75, 3.05) is 14.1 Å². The lowest BCUT2D eigenvalue weighted by atomic mass is 10.0. The van der Waals surface area contributed by atoms with Gasteiger partial charge in [-0.2, -0.15) is 0 Å². The molecular formula is C24H28N4O2S2. The molecule has 0 bridgehead atoms. The van der Waals surface area contributed by atoms with Crippen molar-refractivity contribution in [1.82, 2.24) is 19.2 Å². The Morgan fingerprint density at radius 3 is 2.50 bits per heavy atom. The van der Waals surface area contributed by atoms with Crippen LogP contribution in [0, 0.1) is 6.92 Å². The number of benzene rings is 2. The van der Waals surface area contributed by atoms with Gasteiger partial charge in [0.05, 0.1) is 28.5 Å². The fourth-order valence-corrected chi connectivity index (χ4v) is 5.56. The molecular weight excluding hydrogens is 440 g/mol. The minimum absolute atomic E-state index is 0.0606. The summed E-state index contributed by atoms with van der Waals surface area (Å²) < 4.78 is 28.4. The highest BCUT2D eigenvalue weighted by molar-refractivity contribution is 7.89. The lowest BCUT2D eigenvalue weighted by Crippen LogP contribution is -2.23. The van der Waals surface area contributed by atoms with E-state index >= 15 is 0 Å². The molecule has 0 fully saturated rings. The lowest BCUT2D eigenvalue weighted by molar-refractivity contribution is 0.521. The largest absolute Gasteiger partial charge is 0.327 e. The van der Waals surface area contributed by atoms with Crippen molar-refractivity contribution in [1.29, 1.82) is 0 Å². The summed E-state index contributed by atoms with van der Waals surface area (Å²) in [4.78, 5) is 6.30. The van der Waals surface area contributed by atoms with E-state index in [1.165, 1.54) is 34.4 Å². The molecule has 1 N–H and O–H groups in total. The second-order valence-electron chi connectivity index (χ2n) is 7.95. The molecule has 0 spiro atoms. The van der Waals surface area contributed by atoms with Crippen LogP contribution in [0.1, 0.15) is 34.8 Å². The van der Waals surface area contributed by atoms with Crippen molar-refractivity contribution < 1.29 is 8.42 Å². The van der Waals surface area contributed by atoms with Crippen LogP contribution in [0.2, 0.25) is 0 Å². The Balaban J connectivity index is 1.67. The highest BCUT2D eigenvalue weighted by atomic mass is 32.2. The number of fused-ring (bicyclic) bond motifs is 1. The number of aryl methyl sites for hydroxylation is 2. The normalized spacial score (nSPS) is 13.2. The summed E-state index contributed by atoms with van der Waals surface area (Å²) in [5, 5.41) is 5.76. The van der Waals surface area contributed by atoms with E-state index in [4.69, 9.17) is 4.98 Å². The number of thiophene rings is 1. The smallest absolute Gasteiger partial charge is 0.242 e. The van der Waals surface area contributed by atoms with Crippen LogP contribution in [0.15, 0.2) is 64.9 Å². The Morgan fingerprint density at radius 1 is 1.12 bits per heavy atom. The second kappa shape index (κ2) is 9.15. The van der Waals surface area contributed by atoms with Gasteiger partial charge < -0.3 is 4.57 Å². The van der Waals surface area contributed by atoms with E-state index in [-0.39, 0.29) is 10.9 Å². The third-order valence-corrected chi connectivity index (χ3v) is 8.34. The maximum atomic E-state index is 12.5. The zero-order chi connectivity index (χ0) is 22.9. The number of hydrogen-bond donors (Lipinski definition) is 1. The molecule has 0 aliphatic carbocycles. The van der Waals surface area contributed by atoms with Crippen molar-refractivity contribution >= 4 is 32.4 Å². The molecule has 2 aromatic heterocycles. The lowest BCUT2D eigenvalue weighted by Gasteiger charge is -2.18. The molecule has 32 heavy (non-hydrogen) atoms. The quantitative estimate of drug-likeness (QED) is 0.412. The zero-order valence-corrected chi connectivity index (χ0v) is 20.4. The molecule has 4 rings (SSSR count). The number of rotatable bonds is 8. The van der Waals surface area contributed by atoms with Gasteiger partial charge in [0.2, 0.25) is 10.0 Å². The van der Waals surface area contributed by atoms with Crippen LogP contribution in [0.3, 0.4) is 0 Å². The number of aromatic nitrogens is 2. The molecule has 0 saturated carbocycles. The molecule has 168 valence electrons. The van der Waals surface area contributed by atoms with Crippen LogP contribution < -0.4 is 5.32 Å². The first kappa shape index (κ1) is 22.7. The van der Waals surface area contributed by atoms with Gasteiger partial charge in [-0.25, -0.2) is 17.7 Å². The van der Waals surface area contributed by atoms with E-state index in [9.17, 15) is 8.42 Å². The Labute approximate surface area is 193 Å². The molecule has 0 radical (unpaired) electrons. The minimum Gasteiger partial charge on any atom is -0.327 e. The van der Waals surface area contributed by atoms with Gasteiger partial charge in [0, 0.05) is 25.5 Å². The molecule has 0 aliphatic rings. The SMILES string of the molecule is CCn1c(CNC(c2ccc(C)cc2)c2cccs2)nc2cc(S(=O)(=O)N(C)C)ccc21. The summed E-state index contributed by atoms with van der Waals surface area (Å²) in [6.45, 7) is 5.48. The Hall–Kier alpha value is -2.52. The van der Waals surface area contributed by atoms with Crippen molar-refractivity contribution in [3.63, 3.8) is 0 Å². The molecule has 4 aromatic rings. The standard InChI is InChI=1S/C24H28N4O2S2/c1-5-28-21-13-12-19(32(29,30)27(3)4)15-20(21)26-23(28)16-25-24(22-7-6-14-31-22)18-10-8-17(2)9-11-18/h6-15,24-25H,5,16H2,1-4H3. The van der Waals surface area contributed by atoms with E-state index in [0.29, 0.717) is 12.1 Å². The van der Waals surface area contributed by atoms with Gasteiger partial charge in [0.1, 0.15) is 5.82 Å². The van der Waals surface area contributed by atoms with Crippen LogP contribution >= 0.6 is 11.3 Å². The van der Waals surface area contributed by atoms with Crippen LogP contribution in [-0.4, -0.2) is 36.4 Å². The van der Waals surface area contributed by atoms with Gasteiger partial charge >= 0.3 is 0 Å². The molecule has 0 aliphatic heterocycles. The molecule has 2 aromatic carbocycles. The maximum Gasteiger partial charge on any atom is 0.242 e. The van der Waals surface area contributed by atoms with Crippen LogP contribution in [0.4, 0.5) is 0 Å². The van der Waals surface area contributed by atoms with E-state index < -0.39 is 10.0 Å². The summed E-state index contributed by atoms with van der Waals surface area (Å²) >= 11 is 1.73. The first-order valence-electron chi connectivity index (χ1n) is 10.6. The van der Waals surface area contributed by atoms with Gasteiger partial charge in [-0.3, -0.25) is 5.32 Å². The van der Waals surface area contributed by atoms with Gasteiger partial charge in [-0.15, -0.1) is 11.3 Å². The molecule has 0 amide bonds. The molecule has 0 saturated heterocycles. The maximum absolute atomic E-state index is 12.5. The summed E-state index contributed by atoms with van der Waals surface area (Å²) in [6.07, 6.45) is 0. The zero-order valence-electron chi connectivity index (χ0n) is 18.7. The number of sulfonamides is 1. The monoisotopic (exact) mass is 468 g/mol. The van der Waals surface area contributed by atoms with Crippen LogP contribution in [-0.2, 0) is 23.1 Å². The van der Waals surface area contributed by atoms with E-state index in [1.54, 1.807) is 23.5 Å². The minimum atomic E-state index is -3.50. The first-order chi connectivity index (χ1) is 15.3. The van der Waals surface area contributed by atoms with Gasteiger partial charge in [0.15, 0.2) is 0 Å². The highest BCUT2D eigenvalue weighted by Crippen LogP contribution is 2.28. The number of hydrogen-bond acceptors (Lipinski definition) is 5. The summed E-state index contributed by atoms with van der Waals surface area (Å²) in [6, 6.07) is 18.0. The highest BCUT2D eigenvalue weighted by Gasteiger charge is 2.20. The average Bonchev–Trinajstić information content (AvgIpc) is 3.42. The van der Waals surface area contributed by atoms with E-state index in [2.05, 4.69) is 65.5 Å². The van der Waals surface area contributed by atoms with Gasteiger partial charge in [-0.1, -0.05) is 35.9 Å². The van der Waals surface area contributed by atoms with Crippen molar-refractivity contribution in [2.45, 2.75) is 37.9 Å². The summed E-state index contributed by atoms with van der Waals surface area (Å²) in [7, 11) is -0.430. The Morgan fingerprint density at radius 2 is 1.88 bits per heavy atom. The van der Waals surface area contributed by atoms with Crippen molar-refractivity contribution in [2.24, 2.45) is 0 Å². The van der Waals surface area contributed by atoms with Crippen molar-refractivity contribution in [3.05, 3.63) is 81.8 Å². The number of nitrogens with one attached hydrogen (secondary N) is 1. The molecule has 1 unspecified atom stereocenters. The Kier molecular flexibility index (Phi) is 6.48. The second-order valence-corrected chi connectivity index (χ2v) is 11.1. The third-order valence-electron chi connectivity index (χ3n) is 5.60. The molecule has 1 atom stereocenters. The van der Waals surface area contributed by atoms with Gasteiger partial charge in [0.25, 0.3) is 0 Å². The Bertz CT molecular complexity index is 1310.